The third-order valence-corrected chi connectivity index (χ3v) is 7.79. The Hall–Kier alpha value is -2.51. The van der Waals surface area contributed by atoms with E-state index >= 15 is 4.39 Å². The summed E-state index contributed by atoms with van der Waals surface area (Å²) in [5.41, 5.74) is -1.59. The standard InChI is InChI=1S/C21H24F4N4O4S/c22-17-18(26-12-20(30)5-9-34(31,32)10-6-20)27-13-28-19(17)29-7-8-33-11-16(29)14-1-3-15(4-2-14)21(23,24)25/h1-4,13,16,30H,5-12H2,(H,26,27,28). The van der Waals surface area contributed by atoms with Crippen molar-refractivity contribution >= 4 is 21.5 Å². The molecule has 34 heavy (non-hydrogen) atoms. The summed E-state index contributed by atoms with van der Waals surface area (Å²) in [7, 11) is -3.18. The third kappa shape index (κ3) is 5.41. The molecule has 2 fully saturated rings. The minimum atomic E-state index is -4.47. The van der Waals surface area contributed by atoms with Gasteiger partial charge in [0.15, 0.2) is 21.5 Å². The normalized spacial score (nSPS) is 22.4. The molecule has 186 valence electrons. The van der Waals surface area contributed by atoms with Crippen molar-refractivity contribution in [2.45, 2.75) is 30.7 Å². The molecule has 3 heterocycles. The van der Waals surface area contributed by atoms with Crippen LogP contribution in [0.1, 0.15) is 30.0 Å². The predicted molar refractivity (Wildman–Crippen MR) is 116 cm³/mol. The first kappa shape index (κ1) is 24.6. The number of ether oxygens (including phenoxy) is 1. The summed E-state index contributed by atoms with van der Waals surface area (Å²) in [6.45, 7) is 0.561. The van der Waals surface area contributed by atoms with Crippen LogP contribution in [0.25, 0.3) is 0 Å². The first-order valence-corrected chi connectivity index (χ1v) is 12.5. The number of aliphatic hydroxyl groups is 1. The van der Waals surface area contributed by atoms with Crippen molar-refractivity contribution in [3.05, 3.63) is 47.5 Å². The molecule has 1 aromatic heterocycles. The second-order valence-corrected chi connectivity index (χ2v) is 10.8. The zero-order valence-electron chi connectivity index (χ0n) is 18.1. The van der Waals surface area contributed by atoms with Gasteiger partial charge in [-0.3, -0.25) is 0 Å². The molecule has 8 nitrogen and oxygen atoms in total. The van der Waals surface area contributed by atoms with Gasteiger partial charge in [-0.1, -0.05) is 12.1 Å². The summed E-state index contributed by atoms with van der Waals surface area (Å²) in [6, 6.07) is 4.04. The lowest BCUT2D eigenvalue weighted by molar-refractivity contribution is -0.137. The van der Waals surface area contributed by atoms with Gasteiger partial charge in [0.2, 0.25) is 5.82 Å². The molecule has 0 saturated carbocycles. The number of anilines is 2. The van der Waals surface area contributed by atoms with Gasteiger partial charge in [-0.2, -0.15) is 17.6 Å². The molecule has 0 amide bonds. The number of nitrogens with zero attached hydrogens (tertiary/aromatic N) is 3. The van der Waals surface area contributed by atoms with E-state index in [9.17, 15) is 26.7 Å². The molecule has 2 aromatic rings. The van der Waals surface area contributed by atoms with Crippen LogP contribution in [0.15, 0.2) is 30.6 Å². The van der Waals surface area contributed by atoms with E-state index in [0.29, 0.717) is 5.56 Å². The molecule has 2 N–H and O–H groups in total. The maximum Gasteiger partial charge on any atom is 0.416 e. The van der Waals surface area contributed by atoms with Crippen LogP contribution in [-0.2, 0) is 20.8 Å². The Kier molecular flexibility index (Phi) is 6.71. The summed E-state index contributed by atoms with van der Waals surface area (Å²) in [6.07, 6.45) is -3.26. The zero-order chi connectivity index (χ0) is 24.6. The minimum absolute atomic E-state index is 0.0291. The Morgan fingerprint density at radius 1 is 1.18 bits per heavy atom. The lowest BCUT2D eigenvalue weighted by Gasteiger charge is -2.37. The van der Waals surface area contributed by atoms with Gasteiger partial charge in [0.05, 0.1) is 41.9 Å². The number of alkyl halides is 3. The highest BCUT2D eigenvalue weighted by molar-refractivity contribution is 7.91. The molecule has 2 aliphatic rings. The van der Waals surface area contributed by atoms with Crippen molar-refractivity contribution in [3.8, 4) is 0 Å². The quantitative estimate of drug-likeness (QED) is 0.599. The van der Waals surface area contributed by atoms with Crippen LogP contribution in [0.3, 0.4) is 0 Å². The van der Waals surface area contributed by atoms with Crippen molar-refractivity contribution in [2.24, 2.45) is 0 Å². The van der Waals surface area contributed by atoms with Crippen LogP contribution in [0.2, 0.25) is 0 Å². The summed E-state index contributed by atoms with van der Waals surface area (Å²) in [5.74, 6) is -1.29. The highest BCUT2D eigenvalue weighted by Gasteiger charge is 2.36. The van der Waals surface area contributed by atoms with Crippen LogP contribution < -0.4 is 10.2 Å². The molecular formula is C21H24F4N4O4S. The van der Waals surface area contributed by atoms with Gasteiger partial charge in [-0.15, -0.1) is 0 Å². The van der Waals surface area contributed by atoms with Gasteiger partial charge in [0, 0.05) is 13.1 Å². The molecule has 1 unspecified atom stereocenters. The number of hydrogen-bond donors (Lipinski definition) is 2. The van der Waals surface area contributed by atoms with Crippen molar-refractivity contribution < 1.29 is 35.8 Å². The van der Waals surface area contributed by atoms with E-state index in [-0.39, 0.29) is 62.3 Å². The summed E-state index contributed by atoms with van der Waals surface area (Å²) in [4.78, 5) is 9.56. The van der Waals surface area contributed by atoms with Crippen LogP contribution in [0.5, 0.6) is 0 Å². The second kappa shape index (κ2) is 9.27. The molecule has 2 aliphatic heterocycles. The highest BCUT2D eigenvalue weighted by Crippen LogP contribution is 2.35. The molecular weight excluding hydrogens is 480 g/mol. The van der Waals surface area contributed by atoms with Crippen LogP contribution in [0, 0.1) is 5.82 Å². The van der Waals surface area contributed by atoms with Crippen LogP contribution in [0.4, 0.5) is 29.2 Å². The minimum Gasteiger partial charge on any atom is -0.388 e. The fourth-order valence-electron chi connectivity index (χ4n) is 4.05. The number of hydrogen-bond acceptors (Lipinski definition) is 8. The molecule has 1 atom stereocenters. The van der Waals surface area contributed by atoms with Crippen molar-refractivity contribution in [1.82, 2.24) is 9.97 Å². The number of rotatable bonds is 5. The molecule has 0 bridgehead atoms. The van der Waals surface area contributed by atoms with Crippen molar-refractivity contribution in [3.63, 3.8) is 0 Å². The van der Waals surface area contributed by atoms with E-state index in [1.165, 1.54) is 12.1 Å². The topological polar surface area (TPSA) is 105 Å². The SMILES string of the molecule is O=S1(=O)CCC(O)(CNc2ncnc(N3CCOCC3c3ccc(C(F)(F)F)cc3)c2F)CC1. The summed E-state index contributed by atoms with van der Waals surface area (Å²) >= 11 is 0. The average molecular weight is 505 g/mol. The number of morpholine rings is 1. The number of nitrogens with one attached hydrogen (secondary N) is 1. The molecule has 2 saturated heterocycles. The predicted octanol–water partition coefficient (Wildman–Crippen LogP) is 2.56. The van der Waals surface area contributed by atoms with E-state index in [4.69, 9.17) is 4.74 Å². The number of benzene rings is 1. The van der Waals surface area contributed by atoms with Gasteiger partial charge in [0.25, 0.3) is 0 Å². The van der Waals surface area contributed by atoms with Crippen molar-refractivity contribution in [1.29, 1.82) is 0 Å². The fraction of sp³-hybridized carbons (Fsp3) is 0.524. The van der Waals surface area contributed by atoms with Gasteiger partial charge >= 0.3 is 6.18 Å². The lowest BCUT2D eigenvalue weighted by Crippen LogP contribution is -2.44. The first-order chi connectivity index (χ1) is 16.0. The largest absolute Gasteiger partial charge is 0.416 e. The maximum absolute atomic E-state index is 15.4. The van der Waals surface area contributed by atoms with E-state index in [1.807, 2.05) is 0 Å². The molecule has 0 spiro atoms. The Balaban J connectivity index is 1.53. The third-order valence-electron chi connectivity index (χ3n) is 6.14. The molecule has 0 radical (unpaired) electrons. The smallest absolute Gasteiger partial charge is 0.388 e. The lowest BCUT2D eigenvalue weighted by atomic mass is 9.97. The van der Waals surface area contributed by atoms with Crippen molar-refractivity contribution in [2.75, 3.05) is 48.0 Å². The second-order valence-electron chi connectivity index (χ2n) is 8.49. The summed E-state index contributed by atoms with van der Waals surface area (Å²) < 4.78 is 82.8. The van der Waals surface area contributed by atoms with Gasteiger partial charge in [0.1, 0.15) is 6.33 Å². The van der Waals surface area contributed by atoms with Gasteiger partial charge in [-0.25, -0.2) is 18.4 Å². The average Bonchev–Trinajstić information content (AvgIpc) is 2.80. The maximum atomic E-state index is 15.4. The van der Waals surface area contributed by atoms with E-state index in [1.54, 1.807) is 4.90 Å². The van der Waals surface area contributed by atoms with Crippen LogP contribution in [-0.4, -0.2) is 66.9 Å². The van der Waals surface area contributed by atoms with E-state index in [2.05, 4.69) is 15.3 Å². The summed E-state index contributed by atoms with van der Waals surface area (Å²) in [5, 5.41) is 13.4. The molecule has 0 aliphatic carbocycles. The first-order valence-electron chi connectivity index (χ1n) is 10.7. The fourth-order valence-corrected chi connectivity index (χ4v) is 5.64. The van der Waals surface area contributed by atoms with Gasteiger partial charge in [-0.05, 0) is 30.5 Å². The van der Waals surface area contributed by atoms with E-state index in [0.717, 1.165) is 18.5 Å². The Morgan fingerprint density at radius 3 is 2.50 bits per heavy atom. The Bertz CT molecular complexity index is 1110. The van der Waals surface area contributed by atoms with Gasteiger partial charge < -0.3 is 20.1 Å². The Labute approximate surface area is 193 Å². The highest BCUT2D eigenvalue weighted by atomic mass is 32.2. The molecule has 1 aromatic carbocycles. The van der Waals surface area contributed by atoms with Crippen LogP contribution >= 0.6 is 0 Å². The van der Waals surface area contributed by atoms with E-state index < -0.39 is 39.0 Å². The zero-order valence-corrected chi connectivity index (χ0v) is 18.9. The number of halogens is 4. The number of aromatic nitrogens is 2. The Morgan fingerprint density at radius 2 is 1.85 bits per heavy atom. The monoisotopic (exact) mass is 504 g/mol. The molecule has 4 rings (SSSR count). The molecule has 13 heteroatoms. The number of sulfone groups is 1.